The van der Waals surface area contributed by atoms with E-state index in [4.69, 9.17) is 4.74 Å². The molecule has 2 fully saturated rings. The van der Waals surface area contributed by atoms with E-state index in [0.717, 1.165) is 30.6 Å². The molecule has 4 aliphatic rings. The maximum Gasteiger partial charge on any atom is 0.302 e. The van der Waals surface area contributed by atoms with Gasteiger partial charge in [-0.15, -0.1) is 0 Å². The third kappa shape index (κ3) is 2.32. The maximum absolute atomic E-state index is 11.3. The Hall–Kier alpha value is -1.05. The van der Waals surface area contributed by atoms with Gasteiger partial charge in [0.25, 0.3) is 0 Å². The molecule has 6 atom stereocenters. The summed E-state index contributed by atoms with van der Waals surface area (Å²) in [5, 5.41) is 0. The van der Waals surface area contributed by atoms with Gasteiger partial charge in [0.1, 0.15) is 6.10 Å². The molecule has 2 saturated carbocycles. The lowest BCUT2D eigenvalue weighted by Gasteiger charge is -2.57. The molecule has 0 spiro atoms. The van der Waals surface area contributed by atoms with Gasteiger partial charge < -0.3 is 4.74 Å². The highest BCUT2D eigenvalue weighted by Gasteiger charge is 2.54. The fourth-order valence-electron chi connectivity index (χ4n) is 6.45. The van der Waals surface area contributed by atoms with Crippen LogP contribution >= 0.6 is 0 Å². The minimum absolute atomic E-state index is 0.116. The number of hydrogen-bond acceptors (Lipinski definition) is 2. The van der Waals surface area contributed by atoms with Gasteiger partial charge in [-0.3, -0.25) is 4.79 Å². The van der Waals surface area contributed by atoms with Crippen molar-refractivity contribution in [2.24, 2.45) is 28.6 Å². The van der Waals surface area contributed by atoms with Gasteiger partial charge in [-0.2, -0.15) is 0 Å². The van der Waals surface area contributed by atoms with Crippen LogP contribution in [0, 0.1) is 28.6 Å². The lowest BCUT2D eigenvalue weighted by Crippen LogP contribution is -2.49. The van der Waals surface area contributed by atoms with E-state index < -0.39 is 0 Å². The SMILES string of the molecule is CC(=O)O[C@@H]1CC[C@@]2(C)C(=CC[C@H]3[C@H]2CC[C@@]2(C)C=CC[C@H]32)C1. The van der Waals surface area contributed by atoms with Gasteiger partial charge in [0, 0.05) is 13.3 Å². The summed E-state index contributed by atoms with van der Waals surface area (Å²) in [6, 6.07) is 0. The topological polar surface area (TPSA) is 26.3 Å². The lowest BCUT2D eigenvalue weighted by atomic mass is 9.48. The lowest BCUT2D eigenvalue weighted by molar-refractivity contribution is -0.148. The first-order valence-electron chi connectivity index (χ1n) is 9.47. The summed E-state index contributed by atoms with van der Waals surface area (Å²) in [5.74, 6) is 2.40. The Morgan fingerprint density at radius 1 is 1.17 bits per heavy atom. The Kier molecular flexibility index (Phi) is 3.52. The minimum atomic E-state index is -0.127. The third-order valence-electron chi connectivity index (χ3n) is 7.72. The molecule has 2 heteroatoms. The van der Waals surface area contributed by atoms with Crippen molar-refractivity contribution < 1.29 is 9.53 Å². The van der Waals surface area contributed by atoms with Gasteiger partial charge >= 0.3 is 5.97 Å². The first-order chi connectivity index (χ1) is 10.9. The number of allylic oxidation sites excluding steroid dienone is 3. The molecule has 4 aliphatic carbocycles. The van der Waals surface area contributed by atoms with Crippen molar-refractivity contribution in [1.82, 2.24) is 0 Å². The molecule has 0 bridgehead atoms. The van der Waals surface area contributed by atoms with Gasteiger partial charge in [0.05, 0.1) is 0 Å². The summed E-state index contributed by atoms with van der Waals surface area (Å²) in [6.45, 7) is 6.52. The van der Waals surface area contributed by atoms with Crippen LogP contribution in [0.25, 0.3) is 0 Å². The number of fused-ring (bicyclic) bond motifs is 5. The molecule has 0 amide bonds. The maximum atomic E-state index is 11.3. The Balaban J connectivity index is 1.59. The van der Waals surface area contributed by atoms with E-state index in [9.17, 15) is 4.79 Å². The largest absolute Gasteiger partial charge is 0.462 e. The van der Waals surface area contributed by atoms with Crippen LogP contribution in [0.3, 0.4) is 0 Å². The first-order valence-corrected chi connectivity index (χ1v) is 9.47. The number of carbonyl (C=O) groups is 1. The van der Waals surface area contributed by atoms with E-state index in [0.29, 0.717) is 10.8 Å². The Bertz CT molecular complexity index is 574. The Labute approximate surface area is 140 Å². The van der Waals surface area contributed by atoms with Gasteiger partial charge in [0.15, 0.2) is 0 Å². The van der Waals surface area contributed by atoms with Crippen LogP contribution in [0.5, 0.6) is 0 Å². The highest BCUT2D eigenvalue weighted by molar-refractivity contribution is 5.66. The van der Waals surface area contributed by atoms with Gasteiger partial charge in [0.2, 0.25) is 0 Å². The molecule has 0 unspecified atom stereocenters. The molecule has 2 nitrogen and oxygen atoms in total. The van der Waals surface area contributed by atoms with Crippen molar-refractivity contribution in [2.75, 3.05) is 0 Å². The molecule has 23 heavy (non-hydrogen) atoms. The highest BCUT2D eigenvalue weighted by atomic mass is 16.5. The summed E-state index contributed by atoms with van der Waals surface area (Å²) in [5.41, 5.74) is 2.40. The molecule has 126 valence electrons. The van der Waals surface area contributed by atoms with Crippen molar-refractivity contribution in [3.8, 4) is 0 Å². The molecule has 0 aromatic heterocycles. The van der Waals surface area contributed by atoms with Crippen LogP contribution in [0.15, 0.2) is 23.8 Å². The smallest absolute Gasteiger partial charge is 0.302 e. The number of carbonyl (C=O) groups excluding carboxylic acids is 1. The average Bonchev–Trinajstić information content (AvgIpc) is 2.89. The van der Waals surface area contributed by atoms with E-state index in [-0.39, 0.29) is 12.1 Å². The van der Waals surface area contributed by atoms with E-state index in [1.54, 1.807) is 5.57 Å². The molecular weight excluding hydrogens is 284 g/mol. The van der Waals surface area contributed by atoms with Crippen LogP contribution in [0.1, 0.15) is 65.7 Å². The van der Waals surface area contributed by atoms with Gasteiger partial charge in [-0.1, -0.05) is 37.6 Å². The molecule has 4 rings (SSSR count). The number of ether oxygens (including phenoxy) is 1. The normalized spacial score (nSPS) is 48.0. The highest BCUT2D eigenvalue weighted by Crippen LogP contribution is 2.63. The fraction of sp³-hybridized carbons (Fsp3) is 0.762. The van der Waals surface area contributed by atoms with E-state index in [1.807, 2.05) is 0 Å². The van der Waals surface area contributed by atoms with E-state index in [2.05, 4.69) is 32.1 Å². The molecule has 0 saturated heterocycles. The monoisotopic (exact) mass is 314 g/mol. The minimum Gasteiger partial charge on any atom is -0.462 e. The van der Waals surface area contributed by atoms with Crippen molar-refractivity contribution >= 4 is 5.97 Å². The molecule has 0 aromatic carbocycles. The van der Waals surface area contributed by atoms with Crippen LogP contribution in [-0.2, 0) is 9.53 Å². The number of rotatable bonds is 1. The Morgan fingerprint density at radius 3 is 2.78 bits per heavy atom. The summed E-state index contributed by atoms with van der Waals surface area (Å²) in [4.78, 5) is 11.3. The van der Waals surface area contributed by atoms with Crippen LogP contribution in [0.2, 0.25) is 0 Å². The predicted molar refractivity (Wildman–Crippen MR) is 91.8 cm³/mol. The van der Waals surface area contributed by atoms with Crippen molar-refractivity contribution in [1.29, 1.82) is 0 Å². The molecule has 0 N–H and O–H groups in total. The van der Waals surface area contributed by atoms with E-state index in [1.165, 1.54) is 39.0 Å². The van der Waals surface area contributed by atoms with Gasteiger partial charge in [-0.05, 0) is 67.1 Å². The molecule has 0 aromatic rings. The second-order valence-corrected chi connectivity index (χ2v) is 8.92. The average molecular weight is 314 g/mol. The quantitative estimate of drug-likeness (QED) is 0.500. The summed E-state index contributed by atoms with van der Waals surface area (Å²) in [6.07, 6.45) is 16.0. The second-order valence-electron chi connectivity index (χ2n) is 8.92. The number of esters is 1. The first kappa shape index (κ1) is 15.5. The van der Waals surface area contributed by atoms with Crippen LogP contribution in [0.4, 0.5) is 0 Å². The zero-order valence-corrected chi connectivity index (χ0v) is 14.8. The van der Waals surface area contributed by atoms with Crippen LogP contribution in [-0.4, -0.2) is 12.1 Å². The molecule has 0 radical (unpaired) electrons. The van der Waals surface area contributed by atoms with Gasteiger partial charge in [-0.25, -0.2) is 0 Å². The summed E-state index contributed by atoms with van der Waals surface area (Å²) >= 11 is 0. The fourth-order valence-corrected chi connectivity index (χ4v) is 6.45. The van der Waals surface area contributed by atoms with Crippen molar-refractivity contribution in [2.45, 2.75) is 71.8 Å². The molecular formula is C21H30O2. The van der Waals surface area contributed by atoms with Crippen LogP contribution < -0.4 is 0 Å². The molecule has 0 heterocycles. The predicted octanol–water partition coefficient (Wildman–Crippen LogP) is 5.05. The third-order valence-corrected chi connectivity index (χ3v) is 7.72. The Morgan fingerprint density at radius 2 is 2.00 bits per heavy atom. The molecule has 0 aliphatic heterocycles. The summed E-state index contributed by atoms with van der Waals surface area (Å²) in [7, 11) is 0. The zero-order valence-electron chi connectivity index (χ0n) is 14.8. The zero-order chi connectivity index (χ0) is 16.2. The van der Waals surface area contributed by atoms with E-state index >= 15 is 0 Å². The standard InChI is InChI=1S/C21H30O2/c1-14(22)23-16-8-12-21(3)15(13-16)6-7-17-18-5-4-10-20(18,2)11-9-19(17)21/h4,6,10,16-19H,5,7-9,11-13H2,1-3H3/t16-,17-,18-,19-,20-,21+/m1/s1. The number of hydrogen-bond donors (Lipinski definition) is 0. The second kappa shape index (κ2) is 5.22. The van der Waals surface area contributed by atoms with Crippen molar-refractivity contribution in [3.63, 3.8) is 0 Å². The van der Waals surface area contributed by atoms with Crippen molar-refractivity contribution in [3.05, 3.63) is 23.8 Å². The summed E-state index contributed by atoms with van der Waals surface area (Å²) < 4.78 is 5.52.